The first-order chi connectivity index (χ1) is 16.8. The monoisotopic (exact) mass is 464 g/mol. The number of fused-ring (bicyclic) bond motifs is 1. The predicted molar refractivity (Wildman–Crippen MR) is 138 cm³/mol. The maximum absolute atomic E-state index is 13.5. The molecule has 0 saturated heterocycles. The molecule has 5 rings (SSSR count). The molecule has 0 radical (unpaired) electrons. The van der Waals surface area contributed by atoms with Crippen LogP contribution in [0.3, 0.4) is 0 Å². The van der Waals surface area contributed by atoms with Gasteiger partial charge < -0.3 is 10.6 Å². The van der Waals surface area contributed by atoms with E-state index < -0.39 is 6.04 Å². The Morgan fingerprint density at radius 1 is 0.971 bits per heavy atom. The predicted octanol–water partition coefficient (Wildman–Crippen LogP) is 5.57. The second kappa shape index (κ2) is 8.83. The number of pyridine rings is 1. The molecule has 0 aliphatic carbocycles. The number of benzene rings is 2. The van der Waals surface area contributed by atoms with Crippen LogP contribution in [0.25, 0.3) is 11.4 Å². The van der Waals surface area contributed by atoms with Crippen molar-refractivity contribution >= 4 is 17.5 Å². The highest BCUT2D eigenvalue weighted by molar-refractivity contribution is 6.05. The second-order valence-electron chi connectivity index (χ2n) is 9.67. The van der Waals surface area contributed by atoms with Crippen LogP contribution in [0.1, 0.15) is 45.0 Å². The van der Waals surface area contributed by atoms with Gasteiger partial charge in [0.2, 0.25) is 5.95 Å². The number of nitrogens with one attached hydrogen (secondary N) is 2. The summed E-state index contributed by atoms with van der Waals surface area (Å²) in [5.41, 5.74) is 4.91. The highest BCUT2D eigenvalue weighted by atomic mass is 16.1. The number of aromatic nitrogens is 4. The van der Waals surface area contributed by atoms with Crippen molar-refractivity contribution in [1.29, 1.82) is 0 Å². The van der Waals surface area contributed by atoms with Crippen LogP contribution in [0, 0.1) is 0 Å². The highest BCUT2D eigenvalue weighted by Crippen LogP contribution is 2.36. The van der Waals surface area contributed by atoms with Gasteiger partial charge >= 0.3 is 0 Å². The first kappa shape index (κ1) is 22.5. The molecule has 0 fully saturated rings. The first-order valence-electron chi connectivity index (χ1n) is 11.6. The maximum Gasteiger partial charge on any atom is 0.255 e. The molecule has 3 heterocycles. The van der Waals surface area contributed by atoms with Crippen LogP contribution in [-0.2, 0) is 10.2 Å². The van der Waals surface area contributed by atoms with E-state index in [9.17, 15) is 4.79 Å². The summed E-state index contributed by atoms with van der Waals surface area (Å²) in [4.78, 5) is 22.8. The summed E-state index contributed by atoms with van der Waals surface area (Å²) in [7, 11) is 0. The maximum atomic E-state index is 13.5. The van der Waals surface area contributed by atoms with E-state index in [1.165, 1.54) is 5.56 Å². The molecule has 2 aromatic carbocycles. The van der Waals surface area contributed by atoms with Crippen LogP contribution in [0.2, 0.25) is 0 Å². The number of hydrogen-bond acceptors (Lipinski definition) is 5. The van der Waals surface area contributed by atoms with Crippen LogP contribution >= 0.6 is 0 Å². The van der Waals surface area contributed by atoms with Gasteiger partial charge in [0, 0.05) is 23.1 Å². The largest absolute Gasteiger partial charge is 0.328 e. The van der Waals surface area contributed by atoms with Gasteiger partial charge in [-0.1, -0.05) is 69.3 Å². The highest BCUT2D eigenvalue weighted by Gasteiger charge is 2.35. The Morgan fingerprint density at radius 3 is 2.34 bits per heavy atom. The Balaban J connectivity index is 1.55. The molecule has 0 saturated carbocycles. The summed E-state index contributed by atoms with van der Waals surface area (Å²) in [5.74, 6) is 0.949. The lowest BCUT2D eigenvalue weighted by Crippen LogP contribution is -2.32. The molecule has 7 nitrogen and oxygen atoms in total. The third-order valence-corrected chi connectivity index (χ3v) is 6.11. The zero-order valence-electron chi connectivity index (χ0n) is 20.3. The Hall–Kier alpha value is -4.26. The number of carbonyl (C=O) groups excluding carboxylic acids is 1. The van der Waals surface area contributed by atoms with Gasteiger partial charge in [-0.25, -0.2) is 4.68 Å². The number of allylic oxidation sites excluding steroid dienone is 1. The van der Waals surface area contributed by atoms with Crippen molar-refractivity contribution in [2.24, 2.45) is 0 Å². The van der Waals surface area contributed by atoms with Crippen molar-refractivity contribution in [3.63, 3.8) is 0 Å². The summed E-state index contributed by atoms with van der Waals surface area (Å²) < 4.78 is 1.75. The fraction of sp³-hybridized carbons (Fsp3) is 0.214. The van der Waals surface area contributed by atoms with Gasteiger partial charge in [0.25, 0.3) is 5.91 Å². The van der Waals surface area contributed by atoms with Crippen LogP contribution in [0.5, 0.6) is 0 Å². The van der Waals surface area contributed by atoms with E-state index >= 15 is 0 Å². The summed E-state index contributed by atoms with van der Waals surface area (Å²) in [6, 6.07) is 22.9. The van der Waals surface area contributed by atoms with Gasteiger partial charge in [0.15, 0.2) is 5.82 Å². The molecule has 1 atom stereocenters. The number of amides is 1. The van der Waals surface area contributed by atoms with Gasteiger partial charge in [0.1, 0.15) is 6.04 Å². The quantitative estimate of drug-likeness (QED) is 0.413. The molecule has 0 bridgehead atoms. The standard InChI is InChI=1S/C28H28N6O/c1-18-23(26(35)31-21-10-6-5-7-11-21)24(22-12-8-9-17-29-22)34-27(30-18)32-25(33-34)19-13-15-20(16-14-19)28(2,3)4/h5-17,24H,1-4H3,(H,31,35)(H,30,32,33). The fourth-order valence-corrected chi connectivity index (χ4v) is 4.22. The molecule has 1 aliphatic heterocycles. The lowest BCUT2D eigenvalue weighted by Gasteiger charge is -2.28. The molecular weight excluding hydrogens is 436 g/mol. The number of anilines is 2. The summed E-state index contributed by atoms with van der Waals surface area (Å²) in [6.07, 6.45) is 1.72. The Kier molecular flexibility index (Phi) is 5.68. The van der Waals surface area contributed by atoms with E-state index in [-0.39, 0.29) is 11.3 Å². The van der Waals surface area contributed by atoms with Crippen molar-refractivity contribution in [1.82, 2.24) is 19.7 Å². The topological polar surface area (TPSA) is 84.7 Å². The zero-order valence-corrected chi connectivity index (χ0v) is 20.3. The van der Waals surface area contributed by atoms with Gasteiger partial charge in [-0.05, 0) is 42.2 Å². The Morgan fingerprint density at radius 2 is 1.69 bits per heavy atom. The minimum atomic E-state index is -0.522. The van der Waals surface area contributed by atoms with E-state index in [1.54, 1.807) is 10.9 Å². The molecule has 4 aromatic rings. The average molecular weight is 465 g/mol. The lowest BCUT2D eigenvalue weighted by atomic mass is 9.87. The molecule has 1 aliphatic rings. The van der Waals surface area contributed by atoms with Gasteiger partial charge in [0.05, 0.1) is 11.3 Å². The van der Waals surface area contributed by atoms with Crippen molar-refractivity contribution in [2.45, 2.75) is 39.2 Å². The first-order valence-corrected chi connectivity index (χ1v) is 11.6. The minimum Gasteiger partial charge on any atom is -0.328 e. The molecule has 0 spiro atoms. The van der Waals surface area contributed by atoms with E-state index in [1.807, 2.05) is 67.6 Å². The smallest absolute Gasteiger partial charge is 0.255 e. The summed E-state index contributed by atoms with van der Waals surface area (Å²) >= 11 is 0. The minimum absolute atomic E-state index is 0.0626. The number of carbonyl (C=O) groups is 1. The van der Waals surface area contributed by atoms with Crippen LogP contribution in [0.15, 0.2) is 90.3 Å². The number of para-hydroxylation sites is 1. The zero-order chi connectivity index (χ0) is 24.6. The lowest BCUT2D eigenvalue weighted by molar-refractivity contribution is -0.113. The van der Waals surface area contributed by atoms with E-state index in [2.05, 4.69) is 48.5 Å². The van der Waals surface area contributed by atoms with Crippen molar-refractivity contribution in [3.8, 4) is 11.4 Å². The molecular formula is C28H28N6O. The SMILES string of the molecule is CC1=C(C(=O)Nc2ccccc2)C(c2ccccn2)n2nc(-c3ccc(C(C)(C)C)cc3)nc2N1. The molecule has 1 unspecified atom stereocenters. The Bertz CT molecular complexity index is 1380. The average Bonchev–Trinajstić information content (AvgIpc) is 3.27. The second-order valence-corrected chi connectivity index (χ2v) is 9.67. The molecule has 176 valence electrons. The van der Waals surface area contributed by atoms with Crippen molar-refractivity contribution in [3.05, 3.63) is 102 Å². The summed E-state index contributed by atoms with van der Waals surface area (Å²) in [5, 5.41) is 11.1. The molecule has 7 heteroatoms. The number of hydrogen-bond donors (Lipinski definition) is 2. The van der Waals surface area contributed by atoms with Crippen LogP contribution in [0.4, 0.5) is 11.6 Å². The van der Waals surface area contributed by atoms with Crippen molar-refractivity contribution in [2.75, 3.05) is 10.6 Å². The molecule has 1 amide bonds. The van der Waals surface area contributed by atoms with E-state index in [4.69, 9.17) is 10.1 Å². The molecule has 2 N–H and O–H groups in total. The van der Waals surface area contributed by atoms with Crippen LogP contribution in [-0.4, -0.2) is 25.7 Å². The van der Waals surface area contributed by atoms with Gasteiger partial charge in [-0.15, -0.1) is 5.10 Å². The fourth-order valence-electron chi connectivity index (χ4n) is 4.22. The normalized spacial score (nSPS) is 15.4. The van der Waals surface area contributed by atoms with Gasteiger partial charge in [-0.3, -0.25) is 9.78 Å². The van der Waals surface area contributed by atoms with E-state index in [0.29, 0.717) is 28.7 Å². The third-order valence-electron chi connectivity index (χ3n) is 6.11. The van der Waals surface area contributed by atoms with E-state index in [0.717, 1.165) is 11.3 Å². The van der Waals surface area contributed by atoms with Crippen molar-refractivity contribution < 1.29 is 4.79 Å². The molecule has 35 heavy (non-hydrogen) atoms. The third kappa shape index (κ3) is 4.45. The number of nitrogens with zero attached hydrogens (tertiary/aromatic N) is 4. The number of rotatable bonds is 4. The molecule has 2 aromatic heterocycles. The Labute approximate surface area is 204 Å². The van der Waals surface area contributed by atoms with Gasteiger partial charge in [-0.2, -0.15) is 4.98 Å². The van der Waals surface area contributed by atoms with Crippen LogP contribution < -0.4 is 10.6 Å². The summed E-state index contributed by atoms with van der Waals surface area (Å²) in [6.45, 7) is 8.44.